The lowest BCUT2D eigenvalue weighted by molar-refractivity contribution is 0.624. The van der Waals surface area contributed by atoms with Crippen LogP contribution < -0.4 is 0 Å². The number of fused-ring (bicyclic) bond motifs is 1. The molecule has 0 unspecified atom stereocenters. The summed E-state index contributed by atoms with van der Waals surface area (Å²) in [6.45, 7) is 0.581. The summed E-state index contributed by atoms with van der Waals surface area (Å²) in [5.41, 5.74) is 1.84. The van der Waals surface area contributed by atoms with Crippen LogP contribution in [0.15, 0.2) is 48.7 Å². The summed E-state index contributed by atoms with van der Waals surface area (Å²) < 4.78 is 15.2. The standard InChI is InChI=1S/C15H10Cl2FN/c16-11-7-14(17)13-4-5-19(15(13)8-11)9-10-2-1-3-12(18)6-10/h1-8H,9H2. The molecule has 0 aliphatic heterocycles. The zero-order valence-electron chi connectivity index (χ0n) is 9.91. The fraction of sp³-hybridized carbons (Fsp3) is 0.0667. The number of halogens is 3. The molecule has 0 saturated carbocycles. The van der Waals surface area contributed by atoms with E-state index in [4.69, 9.17) is 23.2 Å². The van der Waals surface area contributed by atoms with Crippen LogP contribution in [0.3, 0.4) is 0 Å². The molecule has 1 aromatic heterocycles. The van der Waals surface area contributed by atoms with E-state index in [1.54, 1.807) is 12.1 Å². The van der Waals surface area contributed by atoms with E-state index in [0.717, 1.165) is 16.5 Å². The van der Waals surface area contributed by atoms with Gasteiger partial charge in [0.25, 0.3) is 0 Å². The topological polar surface area (TPSA) is 4.93 Å². The van der Waals surface area contributed by atoms with Gasteiger partial charge in [0.1, 0.15) is 5.82 Å². The van der Waals surface area contributed by atoms with E-state index in [-0.39, 0.29) is 5.82 Å². The fourth-order valence-corrected chi connectivity index (χ4v) is 2.73. The molecule has 3 rings (SSSR count). The quantitative estimate of drug-likeness (QED) is 0.617. The molecule has 3 aromatic rings. The summed E-state index contributed by atoms with van der Waals surface area (Å²) in [6.07, 6.45) is 1.93. The maximum Gasteiger partial charge on any atom is 0.123 e. The van der Waals surface area contributed by atoms with Crippen molar-refractivity contribution in [2.45, 2.75) is 6.54 Å². The van der Waals surface area contributed by atoms with Gasteiger partial charge in [0.15, 0.2) is 0 Å². The van der Waals surface area contributed by atoms with Crippen LogP contribution in [0.1, 0.15) is 5.56 Å². The molecule has 2 aromatic carbocycles. The molecule has 0 saturated heterocycles. The van der Waals surface area contributed by atoms with Crippen molar-refractivity contribution < 1.29 is 4.39 Å². The van der Waals surface area contributed by atoms with Crippen molar-refractivity contribution in [2.75, 3.05) is 0 Å². The van der Waals surface area contributed by atoms with Crippen LogP contribution >= 0.6 is 23.2 Å². The van der Waals surface area contributed by atoms with E-state index < -0.39 is 0 Å². The summed E-state index contributed by atoms with van der Waals surface area (Å²) >= 11 is 12.2. The minimum atomic E-state index is -0.231. The molecule has 96 valence electrons. The molecule has 0 atom stereocenters. The maximum absolute atomic E-state index is 13.2. The minimum Gasteiger partial charge on any atom is -0.343 e. The van der Waals surface area contributed by atoms with Crippen LogP contribution in [0, 0.1) is 5.82 Å². The Morgan fingerprint density at radius 3 is 2.68 bits per heavy atom. The van der Waals surface area contributed by atoms with Gasteiger partial charge < -0.3 is 4.57 Å². The Balaban J connectivity index is 2.06. The smallest absolute Gasteiger partial charge is 0.123 e. The lowest BCUT2D eigenvalue weighted by Crippen LogP contribution is -1.98. The molecule has 1 heterocycles. The Hall–Kier alpha value is -1.51. The number of nitrogens with zero attached hydrogens (tertiary/aromatic N) is 1. The van der Waals surface area contributed by atoms with Gasteiger partial charge in [-0.05, 0) is 35.9 Å². The van der Waals surface area contributed by atoms with Crippen LogP contribution in [0.4, 0.5) is 4.39 Å². The Bertz CT molecular complexity index is 749. The van der Waals surface area contributed by atoms with Gasteiger partial charge in [-0.25, -0.2) is 4.39 Å². The van der Waals surface area contributed by atoms with Gasteiger partial charge in [0, 0.05) is 23.2 Å². The van der Waals surface area contributed by atoms with Gasteiger partial charge in [-0.2, -0.15) is 0 Å². The van der Waals surface area contributed by atoms with Crippen molar-refractivity contribution in [2.24, 2.45) is 0 Å². The lowest BCUT2D eigenvalue weighted by Gasteiger charge is -2.06. The normalized spacial score (nSPS) is 11.1. The zero-order chi connectivity index (χ0) is 13.4. The van der Waals surface area contributed by atoms with E-state index in [0.29, 0.717) is 16.6 Å². The summed E-state index contributed by atoms with van der Waals surface area (Å²) in [7, 11) is 0. The molecule has 0 aliphatic carbocycles. The van der Waals surface area contributed by atoms with Crippen LogP contribution in [0.25, 0.3) is 10.9 Å². The molecule has 0 N–H and O–H groups in total. The number of hydrogen-bond acceptors (Lipinski definition) is 0. The number of benzene rings is 2. The van der Waals surface area contributed by atoms with E-state index in [2.05, 4.69) is 0 Å². The third-order valence-electron chi connectivity index (χ3n) is 3.04. The van der Waals surface area contributed by atoms with Crippen molar-refractivity contribution in [1.29, 1.82) is 0 Å². The molecular formula is C15H10Cl2FN. The van der Waals surface area contributed by atoms with Crippen molar-refractivity contribution in [3.05, 3.63) is 70.1 Å². The summed E-state index contributed by atoms with van der Waals surface area (Å²) in [4.78, 5) is 0. The Kier molecular flexibility index (Phi) is 3.21. The summed E-state index contributed by atoms with van der Waals surface area (Å²) in [5.74, 6) is -0.231. The van der Waals surface area contributed by atoms with Crippen LogP contribution in [0.5, 0.6) is 0 Å². The second-order valence-electron chi connectivity index (χ2n) is 4.39. The first-order valence-electron chi connectivity index (χ1n) is 5.82. The van der Waals surface area contributed by atoms with Gasteiger partial charge in [0.2, 0.25) is 0 Å². The first kappa shape index (κ1) is 12.5. The largest absolute Gasteiger partial charge is 0.343 e. The summed E-state index contributed by atoms with van der Waals surface area (Å²) in [6, 6.07) is 12.1. The first-order chi connectivity index (χ1) is 9.13. The van der Waals surface area contributed by atoms with E-state index in [1.165, 1.54) is 12.1 Å². The molecule has 4 heteroatoms. The van der Waals surface area contributed by atoms with Crippen LogP contribution in [-0.4, -0.2) is 4.57 Å². The van der Waals surface area contributed by atoms with Gasteiger partial charge in [0.05, 0.1) is 10.5 Å². The predicted octanol–water partition coefficient (Wildman–Crippen LogP) is 5.14. The predicted molar refractivity (Wildman–Crippen MR) is 77.5 cm³/mol. The molecule has 0 spiro atoms. The number of rotatable bonds is 2. The van der Waals surface area contributed by atoms with Crippen molar-refractivity contribution in [1.82, 2.24) is 4.57 Å². The Morgan fingerprint density at radius 1 is 1.05 bits per heavy atom. The Morgan fingerprint density at radius 2 is 1.89 bits per heavy atom. The Labute approximate surface area is 120 Å². The van der Waals surface area contributed by atoms with Gasteiger partial charge in [-0.1, -0.05) is 35.3 Å². The molecule has 0 fully saturated rings. The zero-order valence-corrected chi connectivity index (χ0v) is 11.4. The third-order valence-corrected chi connectivity index (χ3v) is 3.58. The van der Waals surface area contributed by atoms with E-state index in [1.807, 2.05) is 29.0 Å². The lowest BCUT2D eigenvalue weighted by atomic mass is 10.2. The molecule has 0 bridgehead atoms. The van der Waals surface area contributed by atoms with Crippen molar-refractivity contribution >= 4 is 34.1 Å². The minimum absolute atomic E-state index is 0.231. The highest BCUT2D eigenvalue weighted by atomic mass is 35.5. The molecule has 19 heavy (non-hydrogen) atoms. The second kappa shape index (κ2) is 4.87. The number of hydrogen-bond donors (Lipinski definition) is 0. The molecular weight excluding hydrogens is 284 g/mol. The van der Waals surface area contributed by atoms with E-state index >= 15 is 0 Å². The fourth-order valence-electron chi connectivity index (χ4n) is 2.19. The average molecular weight is 294 g/mol. The van der Waals surface area contributed by atoms with Gasteiger partial charge >= 0.3 is 0 Å². The highest BCUT2D eigenvalue weighted by molar-refractivity contribution is 6.38. The molecule has 0 radical (unpaired) electrons. The highest BCUT2D eigenvalue weighted by Crippen LogP contribution is 2.29. The maximum atomic E-state index is 13.2. The third kappa shape index (κ3) is 2.46. The van der Waals surface area contributed by atoms with Crippen molar-refractivity contribution in [3.8, 4) is 0 Å². The van der Waals surface area contributed by atoms with Crippen molar-refractivity contribution in [3.63, 3.8) is 0 Å². The number of aromatic nitrogens is 1. The SMILES string of the molecule is Fc1cccc(Cn2ccc3c(Cl)cc(Cl)cc32)c1. The van der Waals surface area contributed by atoms with Crippen LogP contribution in [-0.2, 0) is 6.54 Å². The molecule has 0 amide bonds. The van der Waals surface area contributed by atoms with Gasteiger partial charge in [-0.3, -0.25) is 0 Å². The second-order valence-corrected chi connectivity index (χ2v) is 5.24. The van der Waals surface area contributed by atoms with E-state index in [9.17, 15) is 4.39 Å². The summed E-state index contributed by atoms with van der Waals surface area (Å²) in [5, 5.41) is 2.17. The molecule has 0 aliphatic rings. The van der Waals surface area contributed by atoms with Crippen LogP contribution in [0.2, 0.25) is 10.0 Å². The monoisotopic (exact) mass is 293 g/mol. The van der Waals surface area contributed by atoms with Gasteiger partial charge in [-0.15, -0.1) is 0 Å². The molecule has 1 nitrogen and oxygen atoms in total. The highest BCUT2D eigenvalue weighted by Gasteiger charge is 2.07. The average Bonchev–Trinajstić information content (AvgIpc) is 2.73. The first-order valence-corrected chi connectivity index (χ1v) is 6.57.